The van der Waals surface area contributed by atoms with Gasteiger partial charge in [0, 0.05) is 43.1 Å². The van der Waals surface area contributed by atoms with Crippen LogP contribution >= 0.6 is 0 Å². The Labute approximate surface area is 347 Å². The smallest absolute Gasteiger partial charge is 0.337 e. The Hall–Kier alpha value is -10.00. The molecule has 64 heavy (non-hydrogen) atoms. The van der Waals surface area contributed by atoms with Crippen molar-refractivity contribution in [3.8, 4) is 0 Å². The summed E-state index contributed by atoms with van der Waals surface area (Å²) < 4.78 is 0. The lowest BCUT2D eigenvalue weighted by Crippen LogP contribution is -2.22. The summed E-state index contributed by atoms with van der Waals surface area (Å²) in [4.78, 5) is 133. The van der Waals surface area contributed by atoms with E-state index in [1.54, 1.807) is 48.5 Å². The molecule has 4 aromatic carbocycles. The van der Waals surface area contributed by atoms with Crippen molar-refractivity contribution in [3.05, 3.63) is 115 Å². The number of aromatic amines is 4. The van der Waals surface area contributed by atoms with E-state index in [9.17, 15) is 79.2 Å². The largest absolute Gasteiger partial charge is 0.478 e. The molecule has 0 saturated heterocycles. The van der Waals surface area contributed by atoms with Crippen molar-refractivity contribution >= 4 is 114 Å². The first-order valence-electron chi connectivity index (χ1n) is 17.9. The summed E-state index contributed by atoms with van der Waals surface area (Å²) in [7, 11) is 0. The van der Waals surface area contributed by atoms with Crippen LogP contribution in [0, 0.1) is 0 Å². The molecule has 316 valence electrons. The number of carboxylic acid groups (broad SMARTS) is 8. The molecule has 0 atom stereocenters. The maximum atomic E-state index is 13.1. The second-order valence-electron chi connectivity index (χ2n) is 13.8. The molecule has 5 heterocycles. The van der Waals surface area contributed by atoms with Crippen molar-refractivity contribution in [3.63, 3.8) is 0 Å². The van der Waals surface area contributed by atoms with Crippen LogP contribution in [0.3, 0.4) is 0 Å². The summed E-state index contributed by atoms with van der Waals surface area (Å²) in [6.07, 6.45) is 0. The molecule has 0 aliphatic carbocycles. The number of aromatic nitrogens is 4. The van der Waals surface area contributed by atoms with Crippen LogP contribution in [0.1, 0.15) is 82.9 Å². The van der Waals surface area contributed by atoms with Crippen LogP contribution < -0.4 is 22.0 Å². The predicted molar refractivity (Wildman–Crippen MR) is 212 cm³/mol. The molecule has 0 saturated carbocycles. The van der Waals surface area contributed by atoms with E-state index >= 15 is 0 Å². The summed E-state index contributed by atoms with van der Waals surface area (Å²) in [6.45, 7) is 0. The summed E-state index contributed by atoms with van der Waals surface area (Å²) in [5.41, 5.74) is -12.9. The van der Waals surface area contributed by atoms with Gasteiger partial charge in [0.15, 0.2) is 0 Å². The molecule has 8 bridgehead atoms. The van der Waals surface area contributed by atoms with E-state index in [0.717, 1.165) is 0 Å². The van der Waals surface area contributed by atoms with E-state index in [4.69, 9.17) is 4.99 Å². The highest BCUT2D eigenvalue weighted by Gasteiger charge is 2.38. The average molecular weight is 869 g/mol. The molecule has 0 unspecified atom stereocenters. The monoisotopic (exact) mass is 868 g/mol. The van der Waals surface area contributed by atoms with Crippen LogP contribution in [0.5, 0.6) is 0 Å². The molecule has 12 N–H and O–H groups in total. The number of aromatic carboxylic acids is 8. The van der Waals surface area contributed by atoms with Crippen LogP contribution in [0.25, 0.3) is 43.1 Å². The predicted octanol–water partition coefficient (Wildman–Crippen LogP) is 3.32. The van der Waals surface area contributed by atoms with Gasteiger partial charge in [-0.1, -0.05) is 48.5 Å². The van der Waals surface area contributed by atoms with E-state index in [1.807, 2.05) is 0 Å². The number of rotatable bonds is 8. The van der Waals surface area contributed by atoms with Gasteiger partial charge in [0.1, 0.15) is 45.2 Å². The Bertz CT molecular complexity index is 3890. The summed E-state index contributed by atoms with van der Waals surface area (Å²) >= 11 is 0. The highest BCUT2D eigenvalue weighted by Crippen LogP contribution is 2.43. The second kappa shape index (κ2) is 13.8. The fourth-order valence-corrected chi connectivity index (χ4v) is 8.05. The lowest BCUT2D eigenvalue weighted by molar-refractivity contribution is 0.0621. The van der Waals surface area contributed by atoms with Gasteiger partial charge in [0.2, 0.25) is 0 Å². The number of fused-ring (bicyclic) bond motifs is 20. The van der Waals surface area contributed by atoms with Gasteiger partial charge >= 0.3 is 47.8 Å². The standard InChI is InChI=1S/C40H20N8O16/c49-33(50)17-13-15(19(35(53)54)23(39(61)62)21(17)37(57)58)31-46-29(13)44-27-11-7-3-1-5-9(11)25(42-27)41-26-10-6-2-4-8-12(10)28(43-26)45-30-14-16(32(47-30)48-31)20(36(55)56)24(40(63)64)22(38(59)60)18(14)34(51)52/h1-8H,(H,49,50)(H,51,52)(H,53,54)(H,55,56)(H,57,58)(H,59,60)(H,61,62)(H,63,64)(H4,41,42,43,44,45,46,47,48). The first kappa shape index (κ1) is 39.5. The van der Waals surface area contributed by atoms with E-state index in [-0.39, 0.29) is 22.6 Å². The van der Waals surface area contributed by atoms with Gasteiger partial charge in [0.25, 0.3) is 0 Å². The Morgan fingerprint density at radius 1 is 0.297 bits per heavy atom. The van der Waals surface area contributed by atoms with Gasteiger partial charge in [-0.2, -0.15) is 0 Å². The molecule has 9 rings (SSSR count). The fourth-order valence-electron chi connectivity index (χ4n) is 8.05. The van der Waals surface area contributed by atoms with Crippen molar-refractivity contribution in [1.82, 2.24) is 19.9 Å². The minimum absolute atomic E-state index is 0.101. The minimum Gasteiger partial charge on any atom is -0.478 e. The second-order valence-corrected chi connectivity index (χ2v) is 13.8. The Kier molecular flexibility index (Phi) is 8.49. The number of hydrogen-bond acceptors (Lipinski definition) is 12. The number of carboxylic acids is 8. The molecule has 4 aromatic heterocycles. The van der Waals surface area contributed by atoms with Crippen LogP contribution in [0.15, 0.2) is 68.5 Å². The van der Waals surface area contributed by atoms with Gasteiger partial charge in [0.05, 0.1) is 44.5 Å². The third-order valence-corrected chi connectivity index (χ3v) is 10.4. The number of H-pyrrole nitrogens is 4. The molecule has 1 aliphatic heterocycles. The Balaban J connectivity index is 1.67. The van der Waals surface area contributed by atoms with Gasteiger partial charge in [-0.25, -0.2) is 58.3 Å². The third kappa shape index (κ3) is 5.56. The van der Waals surface area contributed by atoms with Crippen molar-refractivity contribution < 1.29 is 79.2 Å². The van der Waals surface area contributed by atoms with Gasteiger partial charge in [-0.15, -0.1) is 0 Å². The van der Waals surface area contributed by atoms with Crippen LogP contribution in [-0.4, -0.2) is 109 Å². The number of nitrogens with one attached hydrogen (secondary N) is 4. The SMILES string of the molecule is O=C(O)c1c(C(=O)O)c(C(=O)O)c2c3[nH]c(c2c1C(=O)O)N=c1[nH]c(c2ccccc12)=Nc1[nH]c(c2ccccc12)N=c1[nH]c(c2c(C(=O)O)c(C(=O)O)c(C(=O)O)c(C(=O)O)c12)=N3. The molecular formula is C40H20N8O16. The Morgan fingerprint density at radius 2 is 0.547 bits per heavy atom. The zero-order valence-electron chi connectivity index (χ0n) is 31.3. The molecule has 0 radical (unpaired) electrons. The molecule has 24 nitrogen and oxygen atoms in total. The Morgan fingerprint density at radius 3 is 0.891 bits per heavy atom. The molecule has 1 aliphatic rings. The zero-order chi connectivity index (χ0) is 45.8. The molecule has 24 heteroatoms. The number of hydrogen-bond donors (Lipinski definition) is 12. The fraction of sp³-hybridized carbons (Fsp3) is 0. The minimum atomic E-state index is -2.22. The van der Waals surface area contributed by atoms with Crippen molar-refractivity contribution in [2.45, 2.75) is 0 Å². The van der Waals surface area contributed by atoms with Crippen LogP contribution in [-0.2, 0) is 0 Å². The normalized spacial score (nSPS) is 12.0. The van der Waals surface area contributed by atoms with Crippen molar-refractivity contribution in [2.75, 3.05) is 0 Å². The van der Waals surface area contributed by atoms with Gasteiger partial charge in [-0.05, 0) is 0 Å². The number of benzene rings is 4. The topological polar surface area (TPSA) is 411 Å². The summed E-state index contributed by atoms with van der Waals surface area (Å²) in [5, 5.41) is 81.3. The maximum Gasteiger partial charge on any atom is 0.337 e. The average Bonchev–Trinajstić information content (AvgIpc) is 3.97. The van der Waals surface area contributed by atoms with Crippen LogP contribution in [0.2, 0.25) is 0 Å². The zero-order valence-corrected chi connectivity index (χ0v) is 31.3. The van der Waals surface area contributed by atoms with E-state index in [2.05, 4.69) is 34.9 Å². The van der Waals surface area contributed by atoms with E-state index < -0.39 is 136 Å². The molecule has 0 amide bonds. The highest BCUT2D eigenvalue weighted by atomic mass is 16.4. The van der Waals surface area contributed by atoms with Crippen molar-refractivity contribution in [1.29, 1.82) is 0 Å². The van der Waals surface area contributed by atoms with Crippen molar-refractivity contribution in [2.24, 2.45) is 20.0 Å². The number of nitrogens with zero attached hydrogens (tertiary/aromatic N) is 4. The molecular weight excluding hydrogens is 848 g/mol. The van der Waals surface area contributed by atoms with Gasteiger partial charge < -0.3 is 60.8 Å². The quantitative estimate of drug-likeness (QED) is 0.104. The molecule has 8 aromatic rings. The lowest BCUT2D eigenvalue weighted by Gasteiger charge is -2.12. The summed E-state index contributed by atoms with van der Waals surface area (Å²) in [6, 6.07) is 12.9. The van der Waals surface area contributed by atoms with E-state index in [1.165, 1.54) is 0 Å². The van der Waals surface area contributed by atoms with Gasteiger partial charge in [-0.3, -0.25) is 0 Å². The molecule has 0 spiro atoms. The number of carbonyl (C=O) groups is 8. The maximum absolute atomic E-state index is 13.1. The summed E-state index contributed by atoms with van der Waals surface area (Å²) in [5.74, 6) is -18.8. The first-order valence-corrected chi connectivity index (χ1v) is 17.9. The lowest BCUT2D eigenvalue weighted by atomic mass is 9.89. The van der Waals surface area contributed by atoms with Crippen LogP contribution in [0.4, 0.5) is 23.3 Å². The van der Waals surface area contributed by atoms with E-state index in [0.29, 0.717) is 21.5 Å². The highest BCUT2D eigenvalue weighted by molar-refractivity contribution is 6.28. The first-order chi connectivity index (χ1) is 30.4. The molecule has 0 fully saturated rings. The third-order valence-electron chi connectivity index (χ3n) is 10.4.